The van der Waals surface area contributed by atoms with E-state index in [1.807, 2.05) is 0 Å². The summed E-state index contributed by atoms with van der Waals surface area (Å²) < 4.78 is 5.32. The van der Waals surface area contributed by atoms with Crippen molar-refractivity contribution < 1.29 is 19.1 Å². The molecular weight excluding hydrogens is 408 g/mol. The Morgan fingerprint density at radius 2 is 1.93 bits per heavy atom. The van der Waals surface area contributed by atoms with Crippen LogP contribution in [0, 0.1) is 0 Å². The molecule has 2 aromatic rings. The van der Waals surface area contributed by atoms with Gasteiger partial charge in [0.25, 0.3) is 5.78 Å². The second-order valence-electron chi connectivity index (χ2n) is 6.88. The van der Waals surface area contributed by atoms with E-state index in [2.05, 4.69) is 15.2 Å². The number of Topliss-reactive ketones (excluding diaryl/α,β-unsaturated/α-hetero) is 1. The number of carbonyl (C=O) groups excluding carboxylic acids is 3. The number of urea groups is 1. The Balaban J connectivity index is 1.47. The lowest BCUT2D eigenvalue weighted by molar-refractivity contribution is -0.114. The quantitative estimate of drug-likeness (QED) is 0.599. The summed E-state index contributed by atoms with van der Waals surface area (Å²) in [6.07, 6.45) is 1.36. The summed E-state index contributed by atoms with van der Waals surface area (Å²) in [7, 11) is 0. The molecule has 0 aliphatic carbocycles. The lowest BCUT2D eigenvalue weighted by Gasteiger charge is -2.30. The van der Waals surface area contributed by atoms with Crippen LogP contribution in [0.1, 0.15) is 15.9 Å². The third-order valence-corrected chi connectivity index (χ3v) is 5.24. The Hall–Kier alpha value is -3.07. The molecule has 30 heavy (non-hydrogen) atoms. The first kappa shape index (κ1) is 20.2. The van der Waals surface area contributed by atoms with Crippen LogP contribution in [0.4, 0.5) is 16.2 Å². The molecule has 0 spiro atoms. The predicted octanol–water partition coefficient (Wildman–Crippen LogP) is 2.81. The second-order valence-corrected chi connectivity index (χ2v) is 7.28. The van der Waals surface area contributed by atoms with E-state index in [0.29, 0.717) is 54.9 Å². The van der Waals surface area contributed by atoms with E-state index in [-0.39, 0.29) is 5.56 Å². The molecule has 0 aromatic heterocycles. The fourth-order valence-corrected chi connectivity index (χ4v) is 3.51. The van der Waals surface area contributed by atoms with Crippen molar-refractivity contribution >= 4 is 46.9 Å². The van der Waals surface area contributed by atoms with Gasteiger partial charge in [0.2, 0.25) is 0 Å². The van der Waals surface area contributed by atoms with Crippen LogP contribution >= 0.6 is 11.6 Å². The molecule has 4 rings (SSSR count). The van der Waals surface area contributed by atoms with Crippen LogP contribution in [0.15, 0.2) is 47.5 Å². The monoisotopic (exact) mass is 426 g/mol. The summed E-state index contributed by atoms with van der Waals surface area (Å²) in [6, 6.07) is 11.2. The molecule has 8 nitrogen and oxygen atoms in total. The van der Waals surface area contributed by atoms with Crippen molar-refractivity contribution in [1.29, 1.82) is 0 Å². The van der Waals surface area contributed by atoms with Crippen molar-refractivity contribution in [2.24, 2.45) is 4.99 Å². The highest BCUT2D eigenvalue weighted by Crippen LogP contribution is 2.31. The molecule has 1 N–H and O–H groups in total. The minimum atomic E-state index is -0.614. The van der Waals surface area contributed by atoms with Crippen LogP contribution in [0.3, 0.4) is 0 Å². The predicted molar refractivity (Wildman–Crippen MR) is 114 cm³/mol. The molecule has 2 aliphatic heterocycles. The number of hydrogen-bond acceptors (Lipinski definition) is 5. The van der Waals surface area contributed by atoms with Gasteiger partial charge in [0.05, 0.1) is 31.1 Å². The molecule has 3 amide bonds. The maximum absolute atomic E-state index is 12.5. The van der Waals surface area contributed by atoms with Crippen LogP contribution in [-0.2, 0) is 9.53 Å². The summed E-state index contributed by atoms with van der Waals surface area (Å²) in [4.78, 5) is 44.4. The van der Waals surface area contributed by atoms with Gasteiger partial charge in [0, 0.05) is 35.6 Å². The Labute approximate surface area is 178 Å². The first-order valence-corrected chi connectivity index (χ1v) is 9.80. The third-order valence-electron chi connectivity index (χ3n) is 4.89. The van der Waals surface area contributed by atoms with E-state index in [4.69, 9.17) is 16.3 Å². The molecule has 2 heterocycles. The largest absolute Gasteiger partial charge is 0.379 e. The highest BCUT2D eigenvalue weighted by molar-refractivity contribution is 6.52. The van der Waals surface area contributed by atoms with Crippen molar-refractivity contribution in [3.8, 4) is 0 Å². The maximum Gasteiger partial charge on any atom is 0.345 e. The molecule has 0 bridgehead atoms. The Kier molecular flexibility index (Phi) is 5.89. The van der Waals surface area contributed by atoms with Crippen LogP contribution in [-0.4, -0.2) is 61.8 Å². The lowest BCUT2D eigenvalue weighted by atomic mass is 10.1. The minimum absolute atomic E-state index is 0.265. The summed E-state index contributed by atoms with van der Waals surface area (Å²) >= 11 is 6.04. The van der Waals surface area contributed by atoms with E-state index < -0.39 is 17.7 Å². The summed E-state index contributed by atoms with van der Waals surface area (Å²) in [6.45, 7) is 2.93. The van der Waals surface area contributed by atoms with E-state index >= 15 is 0 Å². The molecule has 2 aliphatic rings. The van der Waals surface area contributed by atoms with Gasteiger partial charge < -0.3 is 10.1 Å². The van der Waals surface area contributed by atoms with Gasteiger partial charge in [0.15, 0.2) is 0 Å². The van der Waals surface area contributed by atoms with Gasteiger partial charge in [0.1, 0.15) is 0 Å². The maximum atomic E-state index is 12.5. The molecule has 2 aromatic carbocycles. The van der Waals surface area contributed by atoms with E-state index in [9.17, 15) is 14.4 Å². The number of morpholine rings is 1. The topological polar surface area (TPSA) is 91.3 Å². The molecule has 0 radical (unpaired) electrons. The average molecular weight is 427 g/mol. The smallest absolute Gasteiger partial charge is 0.345 e. The van der Waals surface area contributed by atoms with Crippen LogP contribution in [0.5, 0.6) is 0 Å². The first-order valence-electron chi connectivity index (χ1n) is 9.43. The van der Waals surface area contributed by atoms with Crippen molar-refractivity contribution in [3.05, 3.63) is 58.6 Å². The Bertz CT molecular complexity index is 1030. The van der Waals surface area contributed by atoms with Crippen molar-refractivity contribution in [2.75, 3.05) is 43.2 Å². The highest BCUT2D eigenvalue weighted by atomic mass is 35.5. The van der Waals surface area contributed by atoms with Crippen molar-refractivity contribution in [3.63, 3.8) is 0 Å². The van der Waals surface area contributed by atoms with Gasteiger partial charge in [-0.2, -0.15) is 0 Å². The number of rotatable bonds is 4. The van der Waals surface area contributed by atoms with Gasteiger partial charge >= 0.3 is 11.9 Å². The standard InChI is InChI=1S/C21H19ClN4O4/c22-17-4-2-1-3-14(17)12-23-21(29)24-15-5-6-18-16(11-15)19(27)20(28)26(18)13-25-7-9-30-10-8-25/h1-6,11-12H,7-10,13H2,(H,24,29)/b23-12+. The number of benzene rings is 2. The minimum Gasteiger partial charge on any atom is -0.379 e. The number of halogens is 1. The molecule has 0 unspecified atom stereocenters. The Morgan fingerprint density at radius 3 is 2.70 bits per heavy atom. The van der Waals surface area contributed by atoms with Crippen LogP contribution < -0.4 is 10.2 Å². The number of hydrogen-bond donors (Lipinski definition) is 1. The van der Waals surface area contributed by atoms with Crippen LogP contribution in [0.25, 0.3) is 0 Å². The fraction of sp³-hybridized carbons (Fsp3) is 0.238. The van der Waals surface area contributed by atoms with E-state index in [1.54, 1.807) is 36.4 Å². The lowest BCUT2D eigenvalue weighted by Crippen LogP contribution is -2.45. The molecular formula is C21H19ClN4O4. The number of nitrogens with zero attached hydrogens (tertiary/aromatic N) is 3. The van der Waals surface area contributed by atoms with Gasteiger partial charge in [-0.3, -0.25) is 19.4 Å². The second kappa shape index (κ2) is 8.74. The number of fused-ring (bicyclic) bond motifs is 1. The number of ether oxygens (including phenoxy) is 1. The number of anilines is 2. The van der Waals surface area contributed by atoms with E-state index in [1.165, 1.54) is 17.2 Å². The van der Waals surface area contributed by atoms with Crippen LogP contribution in [0.2, 0.25) is 5.02 Å². The molecule has 154 valence electrons. The molecule has 0 atom stereocenters. The number of nitrogens with one attached hydrogen (secondary N) is 1. The van der Waals surface area contributed by atoms with Gasteiger partial charge in [-0.15, -0.1) is 0 Å². The SMILES string of the molecule is O=C(/N=C/c1ccccc1Cl)Nc1ccc2c(c1)C(=O)C(=O)N2CN1CCOCC1. The van der Waals surface area contributed by atoms with Gasteiger partial charge in [-0.05, 0) is 24.3 Å². The number of amides is 3. The molecule has 1 fully saturated rings. The van der Waals surface area contributed by atoms with Gasteiger partial charge in [-0.25, -0.2) is 9.79 Å². The molecule has 0 saturated carbocycles. The normalized spacial score (nSPS) is 16.9. The average Bonchev–Trinajstić information content (AvgIpc) is 2.98. The number of ketones is 1. The number of carbonyl (C=O) groups is 3. The number of aliphatic imine (C=N–C) groups is 1. The summed E-state index contributed by atoms with van der Waals surface area (Å²) in [5.74, 6) is -1.16. The summed E-state index contributed by atoms with van der Waals surface area (Å²) in [5.41, 5.74) is 1.79. The van der Waals surface area contributed by atoms with E-state index in [0.717, 1.165) is 0 Å². The fourth-order valence-electron chi connectivity index (χ4n) is 3.32. The summed E-state index contributed by atoms with van der Waals surface area (Å²) in [5, 5.41) is 3.09. The van der Waals surface area contributed by atoms with Gasteiger partial charge in [-0.1, -0.05) is 29.8 Å². The van der Waals surface area contributed by atoms with Crippen molar-refractivity contribution in [1.82, 2.24) is 4.90 Å². The van der Waals surface area contributed by atoms with Crippen molar-refractivity contribution in [2.45, 2.75) is 0 Å². The zero-order valence-corrected chi connectivity index (χ0v) is 16.8. The zero-order chi connectivity index (χ0) is 21.1. The third kappa shape index (κ3) is 4.25. The Morgan fingerprint density at radius 1 is 1.17 bits per heavy atom. The first-order chi connectivity index (χ1) is 14.5. The molecule has 9 heteroatoms. The molecule has 1 saturated heterocycles. The highest BCUT2D eigenvalue weighted by Gasteiger charge is 2.37. The zero-order valence-electron chi connectivity index (χ0n) is 16.0.